The van der Waals surface area contributed by atoms with Crippen LogP contribution in [0.5, 0.6) is 0 Å². The Balaban J connectivity index is 1.90. The van der Waals surface area contributed by atoms with Crippen LogP contribution in [0.25, 0.3) is 0 Å². The van der Waals surface area contributed by atoms with Crippen LogP contribution in [0.2, 0.25) is 0 Å². The first-order chi connectivity index (χ1) is 9.33. The molecule has 0 aliphatic carbocycles. The first kappa shape index (κ1) is 14.4. The Morgan fingerprint density at radius 3 is 2.89 bits per heavy atom. The highest BCUT2D eigenvalue weighted by molar-refractivity contribution is 7.99. The molecule has 1 aliphatic heterocycles. The standard InChI is InChI=1S/C15H22N2OS/c1-2-3-4-5-6-14(18)17-11-12-19-15(17)13-7-9-16-10-8-13/h7-10,15H,2-6,11-12H2,1H3/t15-/m1/s1. The molecular weight excluding hydrogens is 256 g/mol. The average Bonchev–Trinajstić information content (AvgIpc) is 2.94. The van der Waals surface area contributed by atoms with E-state index in [1.54, 1.807) is 12.4 Å². The van der Waals surface area contributed by atoms with E-state index < -0.39 is 0 Å². The zero-order chi connectivity index (χ0) is 13.5. The Kier molecular flexibility index (Phi) is 5.70. The van der Waals surface area contributed by atoms with Gasteiger partial charge in [0.05, 0.1) is 0 Å². The van der Waals surface area contributed by atoms with Gasteiger partial charge in [-0.05, 0) is 24.1 Å². The monoisotopic (exact) mass is 278 g/mol. The van der Waals surface area contributed by atoms with Crippen molar-refractivity contribution in [3.05, 3.63) is 30.1 Å². The molecule has 1 amide bonds. The Hall–Kier alpha value is -1.03. The summed E-state index contributed by atoms with van der Waals surface area (Å²) in [5.74, 6) is 1.34. The van der Waals surface area contributed by atoms with E-state index in [0.29, 0.717) is 12.3 Å². The Bertz CT molecular complexity index is 396. The lowest BCUT2D eigenvalue weighted by Gasteiger charge is -2.24. The van der Waals surface area contributed by atoms with Crippen molar-refractivity contribution >= 4 is 17.7 Å². The van der Waals surface area contributed by atoms with E-state index in [1.807, 2.05) is 28.8 Å². The summed E-state index contributed by atoms with van der Waals surface area (Å²) in [4.78, 5) is 18.4. The van der Waals surface area contributed by atoms with E-state index in [0.717, 1.165) is 18.7 Å². The molecule has 2 rings (SSSR count). The number of unbranched alkanes of at least 4 members (excludes halogenated alkanes) is 3. The van der Waals surface area contributed by atoms with Gasteiger partial charge in [0.1, 0.15) is 5.37 Å². The molecule has 1 aromatic heterocycles. The first-order valence-corrected chi connectivity index (χ1v) is 8.19. The molecule has 4 heteroatoms. The molecule has 0 aromatic carbocycles. The molecule has 0 saturated carbocycles. The van der Waals surface area contributed by atoms with E-state index >= 15 is 0 Å². The lowest BCUT2D eigenvalue weighted by atomic mass is 10.1. The van der Waals surface area contributed by atoms with E-state index in [2.05, 4.69) is 11.9 Å². The molecule has 1 atom stereocenters. The van der Waals surface area contributed by atoms with E-state index in [4.69, 9.17) is 0 Å². The fourth-order valence-corrected chi connectivity index (χ4v) is 3.65. The van der Waals surface area contributed by atoms with Gasteiger partial charge in [0, 0.05) is 31.1 Å². The molecule has 0 radical (unpaired) electrons. The number of thioether (sulfide) groups is 1. The minimum atomic E-state index is 0.196. The fraction of sp³-hybridized carbons (Fsp3) is 0.600. The predicted octanol–water partition coefficient (Wildman–Crippen LogP) is 3.63. The third-order valence-corrected chi connectivity index (χ3v) is 4.71. The Morgan fingerprint density at radius 2 is 2.16 bits per heavy atom. The number of aromatic nitrogens is 1. The van der Waals surface area contributed by atoms with E-state index in [9.17, 15) is 4.79 Å². The normalized spacial score (nSPS) is 18.8. The van der Waals surface area contributed by atoms with Crippen molar-refractivity contribution in [3.8, 4) is 0 Å². The summed E-state index contributed by atoms with van der Waals surface area (Å²) in [6.07, 6.45) is 8.95. The molecule has 2 heterocycles. The fourth-order valence-electron chi connectivity index (χ4n) is 2.38. The van der Waals surface area contributed by atoms with Crippen LogP contribution in [0.4, 0.5) is 0 Å². The highest BCUT2D eigenvalue weighted by Gasteiger charge is 2.29. The smallest absolute Gasteiger partial charge is 0.223 e. The van der Waals surface area contributed by atoms with Gasteiger partial charge in [-0.1, -0.05) is 26.2 Å². The van der Waals surface area contributed by atoms with Gasteiger partial charge in [0.25, 0.3) is 0 Å². The highest BCUT2D eigenvalue weighted by atomic mass is 32.2. The quantitative estimate of drug-likeness (QED) is 0.745. The molecule has 1 aromatic rings. The maximum Gasteiger partial charge on any atom is 0.223 e. The summed E-state index contributed by atoms with van der Waals surface area (Å²) in [5.41, 5.74) is 1.19. The molecular formula is C15H22N2OS. The molecule has 1 saturated heterocycles. The van der Waals surface area contributed by atoms with Crippen LogP contribution in [0.15, 0.2) is 24.5 Å². The van der Waals surface area contributed by atoms with Crippen LogP contribution < -0.4 is 0 Å². The number of hydrogen-bond donors (Lipinski definition) is 0. The maximum absolute atomic E-state index is 12.3. The van der Waals surface area contributed by atoms with Crippen molar-refractivity contribution in [3.63, 3.8) is 0 Å². The third-order valence-electron chi connectivity index (χ3n) is 3.45. The minimum Gasteiger partial charge on any atom is -0.326 e. The van der Waals surface area contributed by atoms with Gasteiger partial charge >= 0.3 is 0 Å². The second kappa shape index (κ2) is 7.53. The second-order valence-corrected chi connectivity index (χ2v) is 6.09. The highest BCUT2D eigenvalue weighted by Crippen LogP contribution is 2.37. The molecule has 1 fully saturated rings. The molecule has 1 aliphatic rings. The van der Waals surface area contributed by atoms with Crippen LogP contribution >= 0.6 is 11.8 Å². The van der Waals surface area contributed by atoms with Gasteiger partial charge in [-0.2, -0.15) is 0 Å². The van der Waals surface area contributed by atoms with Crippen LogP contribution in [-0.4, -0.2) is 28.1 Å². The zero-order valence-electron chi connectivity index (χ0n) is 11.5. The van der Waals surface area contributed by atoms with E-state index in [-0.39, 0.29) is 5.37 Å². The number of hydrogen-bond acceptors (Lipinski definition) is 3. The summed E-state index contributed by atoms with van der Waals surface area (Å²) in [7, 11) is 0. The van der Waals surface area contributed by atoms with Crippen LogP contribution in [0.1, 0.15) is 50.0 Å². The van der Waals surface area contributed by atoms with Crippen molar-refractivity contribution in [2.24, 2.45) is 0 Å². The molecule has 3 nitrogen and oxygen atoms in total. The summed E-state index contributed by atoms with van der Waals surface area (Å²) < 4.78 is 0. The summed E-state index contributed by atoms with van der Waals surface area (Å²) in [6.45, 7) is 3.07. The summed E-state index contributed by atoms with van der Waals surface area (Å²) in [5, 5.41) is 0.196. The van der Waals surface area contributed by atoms with Gasteiger partial charge in [-0.15, -0.1) is 11.8 Å². The number of rotatable bonds is 6. The van der Waals surface area contributed by atoms with Crippen molar-refractivity contribution in [1.29, 1.82) is 0 Å². The van der Waals surface area contributed by atoms with Crippen LogP contribution in [-0.2, 0) is 4.79 Å². The van der Waals surface area contributed by atoms with Gasteiger partial charge in [0.15, 0.2) is 0 Å². The van der Waals surface area contributed by atoms with Gasteiger partial charge < -0.3 is 4.90 Å². The van der Waals surface area contributed by atoms with Crippen LogP contribution in [0, 0.1) is 0 Å². The lowest BCUT2D eigenvalue weighted by Crippen LogP contribution is -2.30. The maximum atomic E-state index is 12.3. The lowest BCUT2D eigenvalue weighted by molar-refractivity contribution is -0.131. The first-order valence-electron chi connectivity index (χ1n) is 7.14. The minimum absolute atomic E-state index is 0.196. The molecule has 0 bridgehead atoms. The Morgan fingerprint density at radius 1 is 1.37 bits per heavy atom. The number of carbonyl (C=O) groups excluding carboxylic acids is 1. The van der Waals surface area contributed by atoms with E-state index in [1.165, 1.54) is 24.8 Å². The summed E-state index contributed by atoms with van der Waals surface area (Å²) in [6, 6.07) is 4.03. The molecule has 0 spiro atoms. The number of amides is 1. The number of nitrogens with zero attached hydrogens (tertiary/aromatic N) is 2. The van der Waals surface area contributed by atoms with Crippen molar-refractivity contribution < 1.29 is 4.79 Å². The SMILES string of the molecule is CCCCCCC(=O)N1CCS[C@@H]1c1ccncc1. The topological polar surface area (TPSA) is 33.2 Å². The van der Waals surface area contributed by atoms with Crippen molar-refractivity contribution in [2.45, 2.75) is 44.4 Å². The molecule has 19 heavy (non-hydrogen) atoms. The predicted molar refractivity (Wildman–Crippen MR) is 79.9 cm³/mol. The average molecular weight is 278 g/mol. The van der Waals surface area contributed by atoms with Gasteiger partial charge in [-0.3, -0.25) is 9.78 Å². The number of carbonyl (C=O) groups is 1. The third kappa shape index (κ3) is 3.96. The van der Waals surface area contributed by atoms with Gasteiger partial charge in [-0.25, -0.2) is 0 Å². The molecule has 104 valence electrons. The number of pyridine rings is 1. The molecule has 0 unspecified atom stereocenters. The zero-order valence-corrected chi connectivity index (χ0v) is 12.4. The van der Waals surface area contributed by atoms with Gasteiger partial charge in [0.2, 0.25) is 5.91 Å². The molecule has 0 N–H and O–H groups in total. The van der Waals surface area contributed by atoms with Crippen molar-refractivity contribution in [2.75, 3.05) is 12.3 Å². The summed E-state index contributed by atoms with van der Waals surface area (Å²) >= 11 is 1.85. The second-order valence-electron chi connectivity index (χ2n) is 4.90. The van der Waals surface area contributed by atoms with Crippen LogP contribution in [0.3, 0.4) is 0 Å². The Labute approximate surface area is 119 Å². The van der Waals surface area contributed by atoms with Crippen molar-refractivity contribution in [1.82, 2.24) is 9.88 Å². The largest absolute Gasteiger partial charge is 0.326 e.